The summed E-state index contributed by atoms with van der Waals surface area (Å²) in [6, 6.07) is -0.671. The van der Waals surface area contributed by atoms with Gasteiger partial charge in [0.25, 0.3) is 8.03 Å². The summed E-state index contributed by atoms with van der Waals surface area (Å²) >= 11 is 0. The molecule has 22 heteroatoms. The molecule has 18 nitrogen and oxygen atoms in total. The molecule has 42 heavy (non-hydrogen) atoms. The lowest BCUT2D eigenvalue weighted by Gasteiger charge is -2.19. The fourth-order valence-corrected chi connectivity index (χ4v) is 7.34. The van der Waals surface area contributed by atoms with E-state index in [0.717, 1.165) is 0 Å². The van der Waals surface area contributed by atoms with Crippen LogP contribution < -0.4 is 31.7 Å². The van der Waals surface area contributed by atoms with Gasteiger partial charge in [-0.25, -0.2) is 0 Å². The summed E-state index contributed by atoms with van der Waals surface area (Å²) in [6.07, 6.45) is 0. The summed E-state index contributed by atoms with van der Waals surface area (Å²) in [7, 11) is -13.2. The molecule has 0 aliphatic rings. The van der Waals surface area contributed by atoms with Crippen molar-refractivity contribution in [3.8, 4) is 12.0 Å². The highest BCUT2D eigenvalue weighted by Crippen LogP contribution is 2.48. The number of ether oxygens (including phenoxy) is 2. The summed E-state index contributed by atoms with van der Waals surface area (Å²) < 4.78 is 81.8. The average Bonchev–Trinajstić information content (AvgIpc) is 2.96. The summed E-state index contributed by atoms with van der Waals surface area (Å²) in [6.45, 7) is 9.63. The number of hydrogen-bond acceptors (Lipinski definition) is 18. The maximum absolute atomic E-state index is 13.4. The maximum atomic E-state index is 13.4. The second-order valence-electron chi connectivity index (χ2n) is 7.23. The van der Waals surface area contributed by atoms with Crippen LogP contribution in [-0.4, -0.2) is 87.7 Å². The predicted molar refractivity (Wildman–Crippen MR) is 152 cm³/mol. The van der Waals surface area contributed by atoms with Gasteiger partial charge in [-0.15, -0.1) is 0 Å². The fourth-order valence-electron chi connectivity index (χ4n) is 2.86. The molecule has 0 aliphatic heterocycles. The van der Waals surface area contributed by atoms with Crippen LogP contribution in [0.5, 0.6) is 12.0 Å². The third kappa shape index (κ3) is 10.6. The largest absolute Gasteiger partial charge is 0.460 e. The number of hydrogen-bond donors (Lipinski definition) is 1. The molecule has 0 spiro atoms. The van der Waals surface area contributed by atoms with Crippen LogP contribution in [0.1, 0.15) is 41.5 Å². The van der Waals surface area contributed by atoms with Crippen molar-refractivity contribution in [1.29, 1.82) is 0 Å². The quantitative estimate of drug-likeness (QED) is 0.146. The lowest BCUT2D eigenvalue weighted by Crippen LogP contribution is -2.31. The van der Waals surface area contributed by atoms with E-state index in [9.17, 15) is 18.6 Å². The lowest BCUT2D eigenvalue weighted by atomic mass is 10.8. The Labute approximate surface area is 245 Å². The van der Waals surface area contributed by atoms with E-state index in [2.05, 4.69) is 29.9 Å². The first-order valence-corrected chi connectivity index (χ1v) is 18.6. The van der Waals surface area contributed by atoms with Crippen molar-refractivity contribution in [2.45, 2.75) is 41.5 Å². The average molecular weight is 676 g/mol. The lowest BCUT2D eigenvalue weighted by molar-refractivity contribution is 0.195. The van der Waals surface area contributed by atoms with E-state index in [1.807, 2.05) is 0 Å². The van der Waals surface area contributed by atoms with E-state index in [-0.39, 0.29) is 70.0 Å². The molecule has 0 radical (unpaired) electrons. The van der Waals surface area contributed by atoms with Crippen LogP contribution >= 0.6 is 31.6 Å². The Bertz CT molecular complexity index is 1190. The maximum Gasteiger partial charge on any atom is 0.398 e. The third-order valence-corrected chi connectivity index (χ3v) is 10.3. The summed E-state index contributed by atoms with van der Waals surface area (Å²) in [5.74, 6) is 0. The van der Waals surface area contributed by atoms with E-state index in [4.69, 9.17) is 36.6 Å². The van der Waals surface area contributed by atoms with Crippen molar-refractivity contribution in [2.24, 2.45) is 0 Å². The molecule has 0 fully saturated rings. The van der Waals surface area contributed by atoms with Crippen LogP contribution in [0, 0.1) is 0 Å². The van der Waals surface area contributed by atoms with Crippen LogP contribution in [0.4, 0.5) is 0 Å². The molecule has 2 rings (SSSR count). The summed E-state index contributed by atoms with van der Waals surface area (Å²) in [5.41, 5.74) is -1.28. The zero-order valence-corrected chi connectivity index (χ0v) is 27.8. The van der Waals surface area contributed by atoms with Gasteiger partial charge >= 0.3 is 27.2 Å². The van der Waals surface area contributed by atoms with E-state index in [0.29, 0.717) is 0 Å². The first kappa shape index (κ1) is 36.7. The van der Waals surface area contributed by atoms with Gasteiger partial charge in [0.05, 0.1) is 39.6 Å². The monoisotopic (exact) mass is 676 g/mol. The molecular formula is C20H36N6O12P4. The Kier molecular flexibility index (Phi) is 16.0. The van der Waals surface area contributed by atoms with Gasteiger partial charge in [-0.05, 0) is 41.5 Å². The Morgan fingerprint density at radius 1 is 0.667 bits per heavy atom. The molecule has 0 saturated heterocycles. The van der Waals surface area contributed by atoms with Gasteiger partial charge < -0.3 is 41.5 Å². The van der Waals surface area contributed by atoms with Gasteiger partial charge in [0.1, 0.15) is 13.2 Å². The highest BCUT2D eigenvalue weighted by atomic mass is 31.2. The molecule has 2 aromatic rings. The first-order chi connectivity index (χ1) is 20.1. The molecule has 2 aromatic heterocycles. The van der Waals surface area contributed by atoms with Crippen molar-refractivity contribution < 1.29 is 55.2 Å². The highest BCUT2D eigenvalue weighted by Gasteiger charge is 2.38. The van der Waals surface area contributed by atoms with Crippen LogP contribution in [-0.2, 0) is 40.8 Å². The second kappa shape index (κ2) is 18.3. The molecule has 238 valence electrons. The minimum Gasteiger partial charge on any atom is -0.460 e. The topological polar surface area (TPSA) is 223 Å². The van der Waals surface area contributed by atoms with Gasteiger partial charge in [0.15, 0.2) is 0 Å². The van der Waals surface area contributed by atoms with E-state index >= 15 is 0 Å². The molecule has 0 saturated carbocycles. The molecular weight excluding hydrogens is 640 g/mol. The molecule has 0 aromatic carbocycles. The van der Waals surface area contributed by atoms with Gasteiger partial charge in [0.2, 0.25) is 30.6 Å². The molecule has 2 atom stereocenters. The Morgan fingerprint density at radius 3 is 1.57 bits per heavy atom. The first-order valence-electron chi connectivity index (χ1n) is 13.0. The molecule has 0 aliphatic carbocycles. The summed E-state index contributed by atoms with van der Waals surface area (Å²) in [5, 5.41) is 0. The molecule has 2 heterocycles. The SMILES string of the molecule is CCOP(O)c1nc(OCCOc2nc(P(=O)(OCC)OCC)nc(P(=O)(OCC)OCC)n2)nc([PH](=O)OCC)n1. The smallest absolute Gasteiger partial charge is 0.398 e. The van der Waals surface area contributed by atoms with Crippen LogP contribution in [0.3, 0.4) is 0 Å². The minimum absolute atomic E-state index is 0.00174. The van der Waals surface area contributed by atoms with Gasteiger partial charge in [-0.1, -0.05) is 0 Å². The zero-order chi connectivity index (χ0) is 31.2. The zero-order valence-electron chi connectivity index (χ0n) is 24.1. The predicted octanol–water partition coefficient (Wildman–Crippen LogP) is 1.40. The Morgan fingerprint density at radius 2 is 1.14 bits per heavy atom. The second-order valence-corrected chi connectivity index (χ2v) is 13.6. The van der Waals surface area contributed by atoms with Gasteiger partial charge in [-0.3, -0.25) is 13.7 Å². The Hall–Kier alpha value is -1.54. The van der Waals surface area contributed by atoms with Gasteiger partial charge in [0, 0.05) is 0 Å². The van der Waals surface area contributed by atoms with Gasteiger partial charge in [-0.2, -0.15) is 29.9 Å². The van der Waals surface area contributed by atoms with Crippen molar-refractivity contribution in [1.82, 2.24) is 29.9 Å². The Balaban J connectivity index is 2.35. The van der Waals surface area contributed by atoms with Crippen LogP contribution in [0.2, 0.25) is 0 Å². The van der Waals surface area contributed by atoms with Crippen molar-refractivity contribution in [2.75, 3.05) is 52.9 Å². The van der Waals surface area contributed by atoms with Crippen molar-refractivity contribution in [3.63, 3.8) is 0 Å². The fraction of sp³-hybridized carbons (Fsp3) is 0.700. The molecule has 0 amide bonds. The van der Waals surface area contributed by atoms with E-state index in [1.165, 1.54) is 0 Å². The molecule has 1 N–H and O–H groups in total. The van der Waals surface area contributed by atoms with Crippen molar-refractivity contribution >= 4 is 53.9 Å². The standard InChI is InChI=1S/C20H36N6O12P4/c1-7-33-39(27)17-21-15(22-18(25-17)40(28)34-8-2)31-13-14-32-16-23-19(41(29,35-9-3)36-10-4)26-20(24-16)42(30,37-11-5)38-12-6/h27,40H,7-14H2,1-6H3. The number of rotatable bonds is 21. The molecule has 0 bridgehead atoms. The highest BCUT2D eigenvalue weighted by molar-refractivity contribution is 7.63. The third-order valence-electron chi connectivity index (χ3n) is 4.31. The normalized spacial score (nSPS) is 13.6. The van der Waals surface area contributed by atoms with E-state index in [1.54, 1.807) is 41.5 Å². The minimum atomic E-state index is -4.07. The van der Waals surface area contributed by atoms with Crippen LogP contribution in [0.25, 0.3) is 0 Å². The molecule has 2 unspecified atom stereocenters. The van der Waals surface area contributed by atoms with Crippen molar-refractivity contribution in [3.05, 3.63) is 0 Å². The number of aromatic nitrogens is 6. The summed E-state index contributed by atoms with van der Waals surface area (Å²) in [4.78, 5) is 34.3. The number of nitrogens with zero attached hydrogens (tertiary/aromatic N) is 6. The van der Waals surface area contributed by atoms with Crippen LogP contribution in [0.15, 0.2) is 0 Å². The van der Waals surface area contributed by atoms with E-state index < -0.39 is 48.7 Å².